The molecule has 0 aromatic carbocycles. The Kier molecular flexibility index (Phi) is 4.47. The fraction of sp³-hybridized carbons (Fsp3) is 0.636. The highest BCUT2D eigenvalue weighted by Crippen LogP contribution is 2.08. The van der Waals surface area contributed by atoms with E-state index in [9.17, 15) is 4.79 Å². The molecule has 1 atom stereocenters. The van der Waals surface area contributed by atoms with Crippen LogP contribution in [0.25, 0.3) is 0 Å². The first kappa shape index (κ1) is 12.5. The summed E-state index contributed by atoms with van der Waals surface area (Å²) in [4.78, 5) is 16.0. The average molecular weight is 255 g/mol. The maximum atomic E-state index is 11.7. The van der Waals surface area contributed by atoms with Crippen LogP contribution in [-0.2, 0) is 16.1 Å². The number of carbonyl (C=O) groups is 1. The quantitative estimate of drug-likeness (QED) is 0.820. The number of aromatic nitrogens is 1. The summed E-state index contributed by atoms with van der Waals surface area (Å²) >= 11 is 1.57. The van der Waals surface area contributed by atoms with Crippen molar-refractivity contribution in [2.75, 3.05) is 19.8 Å². The summed E-state index contributed by atoms with van der Waals surface area (Å²) in [6.07, 6.45) is 0.463. The molecule has 1 fully saturated rings. The Morgan fingerprint density at radius 2 is 2.65 bits per heavy atom. The van der Waals surface area contributed by atoms with Gasteiger partial charge in [-0.2, -0.15) is 0 Å². The lowest BCUT2D eigenvalue weighted by atomic mass is 10.2. The van der Waals surface area contributed by atoms with Crippen LogP contribution in [-0.4, -0.2) is 36.7 Å². The molecule has 17 heavy (non-hydrogen) atoms. The Morgan fingerprint density at radius 1 is 1.76 bits per heavy atom. The van der Waals surface area contributed by atoms with Gasteiger partial charge in [-0.3, -0.25) is 4.79 Å². The van der Waals surface area contributed by atoms with Crippen molar-refractivity contribution >= 4 is 17.2 Å². The van der Waals surface area contributed by atoms with E-state index in [1.165, 1.54) is 0 Å². The predicted octanol–water partition coefficient (Wildman–Crippen LogP) is 0.446. The van der Waals surface area contributed by atoms with E-state index in [2.05, 4.69) is 15.6 Å². The number of morpholine rings is 1. The molecule has 1 amide bonds. The average Bonchev–Trinajstić information content (AvgIpc) is 2.74. The molecule has 1 saturated heterocycles. The normalized spacial score (nSPS) is 20.2. The molecule has 0 radical (unpaired) electrons. The number of hydrogen-bond donors (Lipinski definition) is 2. The first-order valence-electron chi connectivity index (χ1n) is 5.73. The molecule has 1 aromatic heterocycles. The van der Waals surface area contributed by atoms with Gasteiger partial charge in [0.1, 0.15) is 5.01 Å². The van der Waals surface area contributed by atoms with Crippen molar-refractivity contribution in [2.24, 2.45) is 0 Å². The minimum Gasteiger partial charge on any atom is -0.378 e. The number of nitrogens with one attached hydrogen (secondary N) is 2. The molecule has 94 valence electrons. The number of carbonyl (C=O) groups excluding carboxylic acids is 1. The first-order chi connectivity index (χ1) is 8.24. The van der Waals surface area contributed by atoms with Crippen LogP contribution in [0.3, 0.4) is 0 Å². The maximum Gasteiger partial charge on any atom is 0.222 e. The van der Waals surface area contributed by atoms with Gasteiger partial charge in [0.2, 0.25) is 5.91 Å². The highest BCUT2D eigenvalue weighted by Gasteiger charge is 2.16. The van der Waals surface area contributed by atoms with Crippen LogP contribution in [0.1, 0.15) is 17.1 Å². The van der Waals surface area contributed by atoms with Crippen LogP contribution in [0.4, 0.5) is 0 Å². The lowest BCUT2D eigenvalue weighted by molar-refractivity contribution is -0.122. The van der Waals surface area contributed by atoms with Crippen LogP contribution in [0.2, 0.25) is 0 Å². The van der Waals surface area contributed by atoms with Gasteiger partial charge in [0.15, 0.2) is 0 Å². The molecule has 1 aliphatic rings. The van der Waals surface area contributed by atoms with E-state index in [-0.39, 0.29) is 11.9 Å². The number of rotatable bonds is 4. The van der Waals surface area contributed by atoms with Gasteiger partial charge in [-0.1, -0.05) is 0 Å². The van der Waals surface area contributed by atoms with Crippen molar-refractivity contribution < 1.29 is 9.53 Å². The molecule has 0 spiro atoms. The van der Waals surface area contributed by atoms with Gasteiger partial charge in [0.05, 0.1) is 19.8 Å². The fourth-order valence-corrected chi connectivity index (χ4v) is 2.42. The van der Waals surface area contributed by atoms with E-state index < -0.39 is 0 Å². The number of nitrogens with zero attached hydrogens (tertiary/aromatic N) is 1. The monoisotopic (exact) mass is 255 g/mol. The first-order valence-corrected chi connectivity index (χ1v) is 6.61. The summed E-state index contributed by atoms with van der Waals surface area (Å²) in [5.41, 5.74) is 1.00. The molecule has 0 aliphatic carbocycles. The van der Waals surface area contributed by atoms with Gasteiger partial charge < -0.3 is 15.4 Å². The zero-order chi connectivity index (χ0) is 12.1. The second-order valence-corrected chi connectivity index (χ2v) is 5.03. The topological polar surface area (TPSA) is 63.2 Å². The van der Waals surface area contributed by atoms with Crippen molar-refractivity contribution in [3.05, 3.63) is 16.1 Å². The lowest BCUT2D eigenvalue weighted by Gasteiger charge is -2.23. The van der Waals surface area contributed by atoms with Crippen LogP contribution in [0.5, 0.6) is 0 Å². The van der Waals surface area contributed by atoms with E-state index >= 15 is 0 Å². The molecule has 1 aliphatic heterocycles. The van der Waals surface area contributed by atoms with Crippen molar-refractivity contribution in [3.8, 4) is 0 Å². The summed E-state index contributed by atoms with van der Waals surface area (Å²) in [7, 11) is 0. The molecule has 0 saturated carbocycles. The molecular formula is C11H17N3O2S. The van der Waals surface area contributed by atoms with E-state index in [4.69, 9.17) is 4.74 Å². The third-order valence-corrected chi connectivity index (χ3v) is 3.50. The molecule has 0 bridgehead atoms. The Hall–Kier alpha value is -0.980. The van der Waals surface area contributed by atoms with Crippen LogP contribution >= 0.6 is 11.3 Å². The fourth-order valence-electron chi connectivity index (χ4n) is 1.70. The molecule has 2 heterocycles. The van der Waals surface area contributed by atoms with Crippen LogP contribution < -0.4 is 10.6 Å². The van der Waals surface area contributed by atoms with E-state index in [1.54, 1.807) is 11.3 Å². The van der Waals surface area contributed by atoms with Gasteiger partial charge in [-0.05, 0) is 6.92 Å². The molecule has 5 nitrogen and oxygen atoms in total. The van der Waals surface area contributed by atoms with E-state index in [1.807, 2.05) is 12.3 Å². The smallest absolute Gasteiger partial charge is 0.222 e. The predicted molar refractivity (Wildman–Crippen MR) is 65.9 cm³/mol. The van der Waals surface area contributed by atoms with Crippen molar-refractivity contribution in [1.29, 1.82) is 0 Å². The minimum absolute atomic E-state index is 0.0425. The summed E-state index contributed by atoms with van der Waals surface area (Å²) in [5.74, 6) is 0.0425. The second kappa shape index (κ2) is 6.09. The zero-order valence-corrected chi connectivity index (χ0v) is 10.7. The van der Waals surface area contributed by atoms with E-state index in [0.717, 1.165) is 23.9 Å². The highest BCUT2D eigenvalue weighted by molar-refractivity contribution is 7.09. The Balaban J connectivity index is 1.70. The summed E-state index contributed by atoms with van der Waals surface area (Å²) < 4.78 is 5.30. The maximum absolute atomic E-state index is 11.7. The summed E-state index contributed by atoms with van der Waals surface area (Å²) in [6.45, 7) is 4.64. The van der Waals surface area contributed by atoms with Gasteiger partial charge in [0, 0.05) is 30.1 Å². The zero-order valence-electron chi connectivity index (χ0n) is 9.86. The Labute approximate surface area is 105 Å². The molecule has 1 unspecified atom stereocenters. The Bertz CT molecular complexity index is 375. The second-order valence-electron chi connectivity index (χ2n) is 4.09. The number of ether oxygens (including phenoxy) is 1. The van der Waals surface area contributed by atoms with Crippen molar-refractivity contribution in [3.63, 3.8) is 0 Å². The van der Waals surface area contributed by atoms with Gasteiger partial charge >= 0.3 is 0 Å². The third-order valence-electron chi connectivity index (χ3n) is 2.53. The lowest BCUT2D eigenvalue weighted by Crippen LogP contribution is -2.44. The number of amides is 1. The largest absolute Gasteiger partial charge is 0.378 e. The molecule has 1 aromatic rings. The van der Waals surface area contributed by atoms with Crippen LogP contribution in [0.15, 0.2) is 5.38 Å². The SMILES string of the molecule is Cc1csc(CNC(=O)CC2COCCN2)n1. The molecule has 2 N–H and O–H groups in total. The number of aryl methyl sites for hydroxylation is 1. The summed E-state index contributed by atoms with van der Waals surface area (Å²) in [6, 6.07) is 0.141. The van der Waals surface area contributed by atoms with Crippen molar-refractivity contribution in [1.82, 2.24) is 15.6 Å². The van der Waals surface area contributed by atoms with E-state index in [0.29, 0.717) is 19.6 Å². The minimum atomic E-state index is 0.0425. The van der Waals surface area contributed by atoms with Crippen molar-refractivity contribution in [2.45, 2.75) is 25.9 Å². The van der Waals surface area contributed by atoms with Gasteiger partial charge in [-0.15, -0.1) is 11.3 Å². The molecule has 2 rings (SSSR count). The van der Waals surface area contributed by atoms with Crippen LogP contribution in [0, 0.1) is 6.92 Å². The van der Waals surface area contributed by atoms with Gasteiger partial charge in [-0.25, -0.2) is 4.98 Å². The number of hydrogen-bond acceptors (Lipinski definition) is 5. The number of thiazole rings is 1. The molecule has 6 heteroatoms. The summed E-state index contributed by atoms with van der Waals surface area (Å²) in [5, 5.41) is 9.06. The Morgan fingerprint density at radius 3 is 3.29 bits per heavy atom. The standard InChI is InChI=1S/C11H17N3O2S/c1-8-7-17-11(14-8)5-13-10(15)4-9-6-16-3-2-12-9/h7,9,12H,2-6H2,1H3,(H,13,15). The molecular weight excluding hydrogens is 238 g/mol. The van der Waals surface area contributed by atoms with Gasteiger partial charge in [0.25, 0.3) is 0 Å². The third kappa shape index (κ3) is 4.07. The highest BCUT2D eigenvalue weighted by atomic mass is 32.1.